The molecule has 0 aliphatic carbocycles. The quantitative estimate of drug-likeness (QED) is 0.790. The molecule has 2 atom stereocenters. The summed E-state index contributed by atoms with van der Waals surface area (Å²) in [6, 6.07) is 3.40. The number of rotatable bonds is 3. The molecule has 5 heteroatoms. The molecule has 0 radical (unpaired) electrons. The average Bonchev–Trinajstić information content (AvgIpc) is 2.89. The largest absolute Gasteiger partial charge is 0.352 e. The van der Waals surface area contributed by atoms with Crippen molar-refractivity contribution in [2.24, 2.45) is 0 Å². The summed E-state index contributed by atoms with van der Waals surface area (Å²) in [6.45, 7) is 0.326. The SMILES string of the molecule is O=C(Cn1cccn1)NC1CC2CCC(C1)N2. The second-order valence-corrected chi connectivity index (χ2v) is 5.08. The molecule has 17 heavy (non-hydrogen) atoms. The second-order valence-electron chi connectivity index (χ2n) is 5.08. The van der Waals surface area contributed by atoms with Crippen molar-refractivity contribution < 1.29 is 4.79 Å². The van der Waals surface area contributed by atoms with Crippen molar-refractivity contribution in [2.75, 3.05) is 0 Å². The normalized spacial score (nSPS) is 31.4. The van der Waals surface area contributed by atoms with Crippen molar-refractivity contribution >= 4 is 5.91 Å². The maximum atomic E-state index is 11.8. The van der Waals surface area contributed by atoms with Crippen molar-refractivity contribution in [1.82, 2.24) is 20.4 Å². The third-order valence-corrected chi connectivity index (χ3v) is 3.70. The lowest BCUT2D eigenvalue weighted by molar-refractivity contribution is -0.122. The molecule has 5 nitrogen and oxygen atoms in total. The van der Waals surface area contributed by atoms with Gasteiger partial charge in [0.25, 0.3) is 0 Å². The molecule has 1 aromatic rings. The van der Waals surface area contributed by atoms with Gasteiger partial charge in [0.15, 0.2) is 0 Å². The molecule has 2 unspecified atom stereocenters. The summed E-state index contributed by atoms with van der Waals surface area (Å²) in [6.07, 6.45) is 8.17. The number of nitrogens with one attached hydrogen (secondary N) is 2. The lowest BCUT2D eigenvalue weighted by Crippen LogP contribution is -2.48. The van der Waals surface area contributed by atoms with Gasteiger partial charge in [-0.25, -0.2) is 0 Å². The van der Waals surface area contributed by atoms with Crippen LogP contribution in [0.1, 0.15) is 25.7 Å². The zero-order valence-corrected chi connectivity index (χ0v) is 9.80. The highest BCUT2D eigenvalue weighted by molar-refractivity contribution is 5.75. The highest BCUT2D eigenvalue weighted by Crippen LogP contribution is 2.26. The van der Waals surface area contributed by atoms with E-state index in [1.54, 1.807) is 10.9 Å². The molecule has 2 aliphatic rings. The Balaban J connectivity index is 1.51. The number of fused-ring (bicyclic) bond motifs is 2. The minimum Gasteiger partial charge on any atom is -0.352 e. The topological polar surface area (TPSA) is 59.0 Å². The van der Waals surface area contributed by atoms with Crippen LogP contribution in [0, 0.1) is 0 Å². The Hall–Kier alpha value is -1.36. The molecule has 3 rings (SSSR count). The molecule has 1 amide bonds. The predicted octanol–water partition coefficient (Wildman–Crippen LogP) is 0.282. The van der Waals surface area contributed by atoms with E-state index < -0.39 is 0 Å². The van der Waals surface area contributed by atoms with E-state index in [4.69, 9.17) is 0 Å². The molecule has 1 aromatic heterocycles. The van der Waals surface area contributed by atoms with Gasteiger partial charge in [-0.2, -0.15) is 5.10 Å². The van der Waals surface area contributed by atoms with E-state index in [2.05, 4.69) is 15.7 Å². The summed E-state index contributed by atoms with van der Waals surface area (Å²) in [7, 11) is 0. The molecule has 0 aromatic carbocycles. The summed E-state index contributed by atoms with van der Waals surface area (Å²) >= 11 is 0. The molecule has 2 fully saturated rings. The molecule has 3 heterocycles. The van der Waals surface area contributed by atoms with Gasteiger partial charge in [0.05, 0.1) is 0 Å². The molecule has 0 spiro atoms. The molecular weight excluding hydrogens is 216 g/mol. The van der Waals surface area contributed by atoms with Crippen LogP contribution in [0.5, 0.6) is 0 Å². The van der Waals surface area contributed by atoms with E-state index in [1.165, 1.54) is 12.8 Å². The molecule has 2 saturated heterocycles. The van der Waals surface area contributed by atoms with E-state index in [0.29, 0.717) is 24.7 Å². The number of carbonyl (C=O) groups excluding carboxylic acids is 1. The molecular formula is C12H18N4O. The Labute approximate surface area is 101 Å². The Morgan fingerprint density at radius 1 is 1.41 bits per heavy atom. The van der Waals surface area contributed by atoms with Crippen LogP contribution in [0.2, 0.25) is 0 Å². The van der Waals surface area contributed by atoms with Gasteiger partial charge in [-0.05, 0) is 31.7 Å². The zero-order chi connectivity index (χ0) is 11.7. The molecule has 2 aliphatic heterocycles. The predicted molar refractivity (Wildman–Crippen MR) is 63.3 cm³/mol. The number of hydrogen-bond donors (Lipinski definition) is 2. The zero-order valence-electron chi connectivity index (χ0n) is 9.80. The molecule has 2 N–H and O–H groups in total. The van der Waals surface area contributed by atoms with Crippen LogP contribution in [0.25, 0.3) is 0 Å². The van der Waals surface area contributed by atoms with Crippen LogP contribution in [0.15, 0.2) is 18.5 Å². The van der Waals surface area contributed by atoms with Crippen LogP contribution < -0.4 is 10.6 Å². The van der Waals surface area contributed by atoms with E-state index in [-0.39, 0.29) is 5.91 Å². The van der Waals surface area contributed by atoms with Crippen molar-refractivity contribution in [1.29, 1.82) is 0 Å². The van der Waals surface area contributed by atoms with Gasteiger partial charge in [-0.1, -0.05) is 0 Å². The Morgan fingerprint density at radius 2 is 2.18 bits per heavy atom. The minimum absolute atomic E-state index is 0.0694. The number of piperidine rings is 1. The van der Waals surface area contributed by atoms with Crippen molar-refractivity contribution in [3.8, 4) is 0 Å². The van der Waals surface area contributed by atoms with Gasteiger partial charge in [-0.15, -0.1) is 0 Å². The maximum absolute atomic E-state index is 11.8. The van der Waals surface area contributed by atoms with Crippen molar-refractivity contribution in [3.63, 3.8) is 0 Å². The standard InChI is InChI=1S/C12H18N4O/c17-12(8-16-5-1-4-13-16)15-11-6-9-2-3-10(7-11)14-9/h1,4-5,9-11,14H,2-3,6-8H2,(H,15,17). The number of hydrogen-bond acceptors (Lipinski definition) is 3. The van der Waals surface area contributed by atoms with Crippen LogP contribution in [0.3, 0.4) is 0 Å². The number of amides is 1. The fourth-order valence-electron chi connectivity index (χ4n) is 2.99. The summed E-state index contributed by atoms with van der Waals surface area (Å²) < 4.78 is 1.66. The third-order valence-electron chi connectivity index (χ3n) is 3.70. The highest BCUT2D eigenvalue weighted by atomic mass is 16.2. The van der Waals surface area contributed by atoms with E-state index >= 15 is 0 Å². The van der Waals surface area contributed by atoms with Crippen LogP contribution in [0.4, 0.5) is 0 Å². The Morgan fingerprint density at radius 3 is 2.82 bits per heavy atom. The fourth-order valence-corrected chi connectivity index (χ4v) is 2.99. The van der Waals surface area contributed by atoms with Gasteiger partial charge in [0, 0.05) is 30.5 Å². The van der Waals surface area contributed by atoms with Gasteiger partial charge in [-0.3, -0.25) is 9.48 Å². The summed E-state index contributed by atoms with van der Waals surface area (Å²) in [4.78, 5) is 11.8. The summed E-state index contributed by atoms with van der Waals surface area (Å²) in [5, 5.41) is 10.7. The number of carbonyl (C=O) groups is 1. The first kappa shape index (κ1) is 10.8. The monoisotopic (exact) mass is 234 g/mol. The van der Waals surface area contributed by atoms with Crippen LogP contribution in [-0.2, 0) is 11.3 Å². The van der Waals surface area contributed by atoms with Gasteiger partial charge in [0.1, 0.15) is 6.54 Å². The molecule has 0 saturated carbocycles. The van der Waals surface area contributed by atoms with Gasteiger partial charge in [0.2, 0.25) is 5.91 Å². The average molecular weight is 234 g/mol. The smallest absolute Gasteiger partial charge is 0.241 e. The van der Waals surface area contributed by atoms with Crippen molar-refractivity contribution in [2.45, 2.75) is 50.4 Å². The van der Waals surface area contributed by atoms with E-state index in [1.807, 2.05) is 12.3 Å². The van der Waals surface area contributed by atoms with Crippen LogP contribution in [-0.4, -0.2) is 33.8 Å². The van der Waals surface area contributed by atoms with E-state index in [9.17, 15) is 4.79 Å². The second kappa shape index (κ2) is 4.49. The maximum Gasteiger partial charge on any atom is 0.241 e. The Bertz CT molecular complexity index is 377. The Kier molecular flexibility index (Phi) is 2.84. The summed E-state index contributed by atoms with van der Waals surface area (Å²) in [5.41, 5.74) is 0. The highest BCUT2D eigenvalue weighted by Gasteiger charge is 2.33. The lowest BCUT2D eigenvalue weighted by Gasteiger charge is -2.29. The number of nitrogens with zero attached hydrogens (tertiary/aromatic N) is 2. The van der Waals surface area contributed by atoms with E-state index in [0.717, 1.165) is 12.8 Å². The van der Waals surface area contributed by atoms with Gasteiger partial charge >= 0.3 is 0 Å². The fraction of sp³-hybridized carbons (Fsp3) is 0.667. The third kappa shape index (κ3) is 2.49. The lowest BCUT2D eigenvalue weighted by atomic mass is 10.00. The summed E-state index contributed by atoms with van der Waals surface area (Å²) in [5.74, 6) is 0.0694. The van der Waals surface area contributed by atoms with Crippen LogP contribution >= 0.6 is 0 Å². The number of aromatic nitrogens is 2. The molecule has 92 valence electrons. The first-order chi connectivity index (χ1) is 8.29. The molecule has 2 bridgehead atoms. The minimum atomic E-state index is 0.0694. The van der Waals surface area contributed by atoms with Crippen molar-refractivity contribution in [3.05, 3.63) is 18.5 Å². The first-order valence-corrected chi connectivity index (χ1v) is 6.32. The van der Waals surface area contributed by atoms with Gasteiger partial charge < -0.3 is 10.6 Å². The first-order valence-electron chi connectivity index (χ1n) is 6.32.